The first kappa shape index (κ1) is 20.2. The summed E-state index contributed by atoms with van der Waals surface area (Å²) in [5.41, 5.74) is 3.36. The van der Waals surface area contributed by atoms with E-state index in [1.165, 1.54) is 10.3 Å². The molecule has 0 saturated carbocycles. The lowest BCUT2D eigenvalue weighted by Gasteiger charge is -2.34. The van der Waals surface area contributed by atoms with Gasteiger partial charge in [0.25, 0.3) is 5.56 Å². The van der Waals surface area contributed by atoms with Crippen LogP contribution in [0.5, 0.6) is 0 Å². The van der Waals surface area contributed by atoms with Gasteiger partial charge in [-0.25, -0.2) is 0 Å². The summed E-state index contributed by atoms with van der Waals surface area (Å²) in [5.74, 6) is -0.196. The SMILES string of the molecule is Cc1nn(C)c2c(=O)n(CC(=O)NCc3ccc(N4CCN(C)CC4)cc3)ccc12. The summed E-state index contributed by atoms with van der Waals surface area (Å²) in [6.07, 6.45) is 1.66. The van der Waals surface area contributed by atoms with E-state index in [0.29, 0.717) is 12.1 Å². The van der Waals surface area contributed by atoms with Gasteiger partial charge in [0.05, 0.1) is 5.69 Å². The standard InChI is InChI=1S/C22H28N6O2/c1-16-19-8-9-28(22(30)21(19)26(3)24-16)15-20(29)23-14-17-4-6-18(7-5-17)27-12-10-25(2)11-13-27/h4-9H,10-15H2,1-3H3,(H,23,29). The van der Waals surface area contributed by atoms with E-state index < -0.39 is 0 Å². The summed E-state index contributed by atoms with van der Waals surface area (Å²) in [6, 6.07) is 10.1. The molecule has 0 radical (unpaired) electrons. The summed E-state index contributed by atoms with van der Waals surface area (Å²) in [7, 11) is 3.89. The first-order valence-electron chi connectivity index (χ1n) is 10.2. The Kier molecular flexibility index (Phi) is 5.59. The van der Waals surface area contributed by atoms with Crippen LogP contribution in [-0.4, -0.2) is 58.4 Å². The Balaban J connectivity index is 1.36. The van der Waals surface area contributed by atoms with Crippen LogP contribution in [0.2, 0.25) is 0 Å². The number of piperazine rings is 1. The number of anilines is 1. The second-order valence-corrected chi connectivity index (χ2v) is 7.95. The number of nitrogens with one attached hydrogen (secondary N) is 1. The largest absolute Gasteiger partial charge is 0.369 e. The van der Waals surface area contributed by atoms with Gasteiger partial charge in [-0.3, -0.25) is 14.3 Å². The Hall–Kier alpha value is -3.13. The van der Waals surface area contributed by atoms with Crippen LogP contribution in [0.3, 0.4) is 0 Å². The molecule has 2 aromatic heterocycles. The zero-order chi connectivity index (χ0) is 21.3. The van der Waals surface area contributed by atoms with Crippen molar-refractivity contribution in [2.45, 2.75) is 20.0 Å². The minimum atomic E-state index is -0.206. The second-order valence-electron chi connectivity index (χ2n) is 7.95. The number of rotatable bonds is 5. The molecule has 3 aromatic rings. The number of pyridine rings is 1. The molecule has 8 nitrogen and oxygen atoms in total. The van der Waals surface area contributed by atoms with Crippen molar-refractivity contribution in [1.82, 2.24) is 24.6 Å². The van der Waals surface area contributed by atoms with Gasteiger partial charge in [0, 0.05) is 57.0 Å². The van der Waals surface area contributed by atoms with Gasteiger partial charge >= 0.3 is 0 Å². The predicted octanol–water partition coefficient (Wildman–Crippen LogP) is 1.11. The van der Waals surface area contributed by atoms with Crippen LogP contribution in [-0.2, 0) is 24.9 Å². The smallest absolute Gasteiger partial charge is 0.277 e. The maximum atomic E-state index is 12.7. The molecule has 1 aromatic carbocycles. The number of hydrogen-bond donors (Lipinski definition) is 1. The van der Waals surface area contributed by atoms with Crippen LogP contribution in [0.25, 0.3) is 10.9 Å². The molecule has 1 saturated heterocycles. The number of nitrogens with zero attached hydrogens (tertiary/aromatic N) is 5. The van der Waals surface area contributed by atoms with E-state index in [2.05, 4.69) is 39.4 Å². The quantitative estimate of drug-likeness (QED) is 0.685. The number of carbonyl (C=O) groups is 1. The number of carbonyl (C=O) groups excluding carboxylic acids is 1. The first-order valence-corrected chi connectivity index (χ1v) is 10.2. The number of hydrogen-bond acceptors (Lipinski definition) is 5. The lowest BCUT2D eigenvalue weighted by atomic mass is 10.1. The fraction of sp³-hybridized carbons (Fsp3) is 0.409. The molecule has 1 N–H and O–H groups in total. The number of benzene rings is 1. The maximum Gasteiger partial charge on any atom is 0.277 e. The van der Waals surface area contributed by atoms with Gasteiger partial charge in [-0.1, -0.05) is 12.1 Å². The highest BCUT2D eigenvalue weighted by Crippen LogP contribution is 2.17. The zero-order valence-corrected chi connectivity index (χ0v) is 17.8. The minimum absolute atomic E-state index is 0.0155. The fourth-order valence-electron chi connectivity index (χ4n) is 3.92. The van der Waals surface area contributed by atoms with Gasteiger partial charge in [-0.15, -0.1) is 0 Å². The highest BCUT2D eigenvalue weighted by Gasteiger charge is 2.15. The van der Waals surface area contributed by atoms with E-state index in [1.54, 1.807) is 17.9 Å². The highest BCUT2D eigenvalue weighted by atomic mass is 16.2. The van der Waals surface area contributed by atoms with E-state index in [0.717, 1.165) is 42.8 Å². The van der Waals surface area contributed by atoms with Gasteiger partial charge in [0.1, 0.15) is 12.1 Å². The van der Waals surface area contributed by atoms with Crippen LogP contribution in [0.15, 0.2) is 41.3 Å². The number of aromatic nitrogens is 3. The van der Waals surface area contributed by atoms with Crippen LogP contribution in [0.4, 0.5) is 5.69 Å². The number of fused-ring (bicyclic) bond motifs is 1. The van der Waals surface area contributed by atoms with E-state index >= 15 is 0 Å². The van der Waals surface area contributed by atoms with E-state index in [4.69, 9.17) is 0 Å². The molecule has 1 aliphatic heterocycles. The van der Waals surface area contributed by atoms with Crippen molar-refractivity contribution in [3.05, 3.63) is 58.1 Å². The summed E-state index contributed by atoms with van der Waals surface area (Å²) >= 11 is 0. The summed E-state index contributed by atoms with van der Waals surface area (Å²) in [4.78, 5) is 29.8. The molecule has 1 amide bonds. The van der Waals surface area contributed by atoms with Crippen molar-refractivity contribution in [3.63, 3.8) is 0 Å². The normalized spacial score (nSPS) is 15.0. The molecule has 30 heavy (non-hydrogen) atoms. The van der Waals surface area contributed by atoms with Crippen molar-refractivity contribution >= 4 is 22.5 Å². The third-order valence-electron chi connectivity index (χ3n) is 5.76. The second kappa shape index (κ2) is 8.31. The minimum Gasteiger partial charge on any atom is -0.369 e. The van der Waals surface area contributed by atoms with Crippen molar-refractivity contribution in [1.29, 1.82) is 0 Å². The van der Waals surface area contributed by atoms with Gasteiger partial charge in [-0.05, 0) is 37.7 Å². The molecule has 1 fully saturated rings. The maximum absolute atomic E-state index is 12.7. The van der Waals surface area contributed by atoms with Crippen molar-refractivity contribution in [2.24, 2.45) is 7.05 Å². The van der Waals surface area contributed by atoms with Crippen LogP contribution in [0, 0.1) is 6.92 Å². The molecule has 0 bridgehead atoms. The molecule has 158 valence electrons. The Morgan fingerprint density at radius 1 is 1.07 bits per heavy atom. The molecule has 0 atom stereocenters. The number of likely N-dealkylation sites (N-methyl/N-ethyl adjacent to an activating group) is 1. The fourth-order valence-corrected chi connectivity index (χ4v) is 3.92. The Labute approximate surface area is 175 Å². The zero-order valence-electron chi connectivity index (χ0n) is 17.8. The summed E-state index contributed by atoms with van der Waals surface area (Å²) in [6.45, 7) is 6.49. The number of amides is 1. The van der Waals surface area contributed by atoms with Gasteiger partial charge < -0.3 is 19.7 Å². The Morgan fingerprint density at radius 2 is 1.77 bits per heavy atom. The van der Waals surface area contributed by atoms with E-state index in [-0.39, 0.29) is 18.0 Å². The van der Waals surface area contributed by atoms with Crippen molar-refractivity contribution < 1.29 is 4.79 Å². The first-order chi connectivity index (χ1) is 14.4. The van der Waals surface area contributed by atoms with E-state index in [1.807, 2.05) is 25.1 Å². The molecular weight excluding hydrogens is 380 g/mol. The van der Waals surface area contributed by atoms with Crippen molar-refractivity contribution in [3.8, 4) is 0 Å². The predicted molar refractivity (Wildman–Crippen MR) is 118 cm³/mol. The van der Waals surface area contributed by atoms with E-state index in [9.17, 15) is 9.59 Å². The third-order valence-corrected chi connectivity index (χ3v) is 5.76. The molecule has 3 heterocycles. The lowest BCUT2D eigenvalue weighted by molar-refractivity contribution is -0.121. The summed E-state index contributed by atoms with van der Waals surface area (Å²) in [5, 5.41) is 8.01. The third kappa shape index (κ3) is 4.09. The molecule has 0 unspecified atom stereocenters. The topological polar surface area (TPSA) is 75.4 Å². The number of aryl methyl sites for hydroxylation is 2. The Bertz CT molecular complexity index is 1110. The average molecular weight is 409 g/mol. The van der Waals surface area contributed by atoms with Crippen LogP contribution in [0.1, 0.15) is 11.3 Å². The molecule has 8 heteroatoms. The summed E-state index contributed by atoms with van der Waals surface area (Å²) < 4.78 is 3.00. The Morgan fingerprint density at radius 3 is 2.47 bits per heavy atom. The molecule has 0 spiro atoms. The molecule has 1 aliphatic rings. The molecular formula is C22H28N6O2. The average Bonchev–Trinajstić information content (AvgIpc) is 3.03. The van der Waals surface area contributed by atoms with Gasteiger partial charge in [-0.2, -0.15) is 5.10 Å². The van der Waals surface area contributed by atoms with Gasteiger partial charge in [0.2, 0.25) is 5.91 Å². The lowest BCUT2D eigenvalue weighted by Crippen LogP contribution is -2.44. The van der Waals surface area contributed by atoms with Crippen LogP contribution < -0.4 is 15.8 Å². The highest BCUT2D eigenvalue weighted by molar-refractivity contribution is 5.81. The molecule has 4 rings (SSSR count). The molecule has 0 aliphatic carbocycles. The van der Waals surface area contributed by atoms with Crippen LogP contribution >= 0.6 is 0 Å². The van der Waals surface area contributed by atoms with Crippen molar-refractivity contribution in [2.75, 3.05) is 38.1 Å². The monoisotopic (exact) mass is 408 g/mol. The van der Waals surface area contributed by atoms with Gasteiger partial charge in [0.15, 0.2) is 0 Å².